The SMILES string of the molecule is CCCSc1ccc2c(c1)N=C(OC(=O)NC)C2. The summed E-state index contributed by atoms with van der Waals surface area (Å²) in [6, 6.07) is 6.20. The lowest BCUT2D eigenvalue weighted by atomic mass is 10.1. The molecule has 1 aliphatic rings. The maximum atomic E-state index is 11.1. The molecule has 1 aliphatic heterocycles. The monoisotopic (exact) mass is 264 g/mol. The number of nitrogens with one attached hydrogen (secondary N) is 1. The van der Waals surface area contributed by atoms with Crippen molar-refractivity contribution in [1.29, 1.82) is 0 Å². The van der Waals surface area contributed by atoms with Crippen molar-refractivity contribution in [2.24, 2.45) is 4.99 Å². The largest absolute Gasteiger partial charge is 0.413 e. The van der Waals surface area contributed by atoms with Crippen molar-refractivity contribution in [3.05, 3.63) is 23.8 Å². The summed E-state index contributed by atoms with van der Waals surface area (Å²) >= 11 is 1.82. The fourth-order valence-corrected chi connectivity index (χ4v) is 2.46. The molecule has 1 aromatic rings. The van der Waals surface area contributed by atoms with Crippen LogP contribution < -0.4 is 5.32 Å². The van der Waals surface area contributed by atoms with E-state index in [2.05, 4.69) is 35.4 Å². The van der Waals surface area contributed by atoms with Gasteiger partial charge >= 0.3 is 6.09 Å². The molecule has 0 saturated carbocycles. The third kappa shape index (κ3) is 3.04. The van der Waals surface area contributed by atoms with Gasteiger partial charge in [0.1, 0.15) is 0 Å². The molecule has 0 atom stereocenters. The number of fused-ring (bicyclic) bond motifs is 1. The molecule has 18 heavy (non-hydrogen) atoms. The first kappa shape index (κ1) is 13.0. The number of hydrogen-bond donors (Lipinski definition) is 1. The number of carbonyl (C=O) groups is 1. The summed E-state index contributed by atoms with van der Waals surface area (Å²) in [6.07, 6.45) is 1.26. The smallest absolute Gasteiger partial charge is 0.395 e. The van der Waals surface area contributed by atoms with E-state index in [4.69, 9.17) is 4.74 Å². The first-order valence-electron chi connectivity index (χ1n) is 5.95. The van der Waals surface area contributed by atoms with Crippen LogP contribution in [0.3, 0.4) is 0 Å². The van der Waals surface area contributed by atoms with Crippen LogP contribution in [0.25, 0.3) is 0 Å². The lowest BCUT2D eigenvalue weighted by Crippen LogP contribution is -2.22. The zero-order valence-electron chi connectivity index (χ0n) is 10.5. The number of aliphatic imine (C=N–C) groups is 1. The first-order valence-corrected chi connectivity index (χ1v) is 6.94. The van der Waals surface area contributed by atoms with Gasteiger partial charge in [-0.05, 0) is 29.9 Å². The predicted octanol–water partition coefficient (Wildman–Crippen LogP) is 3.13. The molecular formula is C13H16N2O2S. The number of benzene rings is 1. The van der Waals surface area contributed by atoms with E-state index in [1.54, 1.807) is 0 Å². The Morgan fingerprint density at radius 2 is 2.39 bits per heavy atom. The molecule has 1 heterocycles. The zero-order chi connectivity index (χ0) is 13.0. The van der Waals surface area contributed by atoms with Crippen molar-refractivity contribution in [2.75, 3.05) is 12.8 Å². The Morgan fingerprint density at radius 1 is 1.56 bits per heavy atom. The second-order valence-corrected chi connectivity index (χ2v) is 5.13. The second kappa shape index (κ2) is 5.91. The summed E-state index contributed by atoms with van der Waals surface area (Å²) in [5, 5.41) is 2.41. The highest BCUT2D eigenvalue weighted by atomic mass is 32.2. The Morgan fingerprint density at radius 3 is 3.11 bits per heavy atom. The summed E-state index contributed by atoms with van der Waals surface area (Å²) in [4.78, 5) is 16.6. The zero-order valence-corrected chi connectivity index (χ0v) is 11.3. The Balaban J connectivity index is 2.07. The molecule has 0 aliphatic carbocycles. The van der Waals surface area contributed by atoms with Crippen LogP contribution in [-0.2, 0) is 11.2 Å². The average molecular weight is 264 g/mol. The van der Waals surface area contributed by atoms with Gasteiger partial charge in [0.15, 0.2) is 0 Å². The molecule has 2 rings (SSSR count). The molecule has 0 spiro atoms. The van der Waals surface area contributed by atoms with E-state index < -0.39 is 6.09 Å². The van der Waals surface area contributed by atoms with Crippen molar-refractivity contribution in [3.8, 4) is 0 Å². The van der Waals surface area contributed by atoms with E-state index >= 15 is 0 Å². The molecule has 0 aromatic heterocycles. The van der Waals surface area contributed by atoms with Gasteiger partial charge in [0.25, 0.3) is 0 Å². The van der Waals surface area contributed by atoms with Crippen LogP contribution in [0.5, 0.6) is 0 Å². The van der Waals surface area contributed by atoms with Crippen LogP contribution in [0.4, 0.5) is 10.5 Å². The molecule has 96 valence electrons. The highest BCUT2D eigenvalue weighted by Gasteiger charge is 2.18. The fraction of sp³-hybridized carbons (Fsp3) is 0.385. The Hall–Kier alpha value is -1.49. The maximum Gasteiger partial charge on any atom is 0.413 e. The van der Waals surface area contributed by atoms with Crippen molar-refractivity contribution >= 4 is 29.4 Å². The third-order valence-corrected chi connectivity index (χ3v) is 3.73. The van der Waals surface area contributed by atoms with Gasteiger partial charge in [-0.3, -0.25) is 0 Å². The first-order chi connectivity index (χ1) is 8.72. The van der Waals surface area contributed by atoms with Gasteiger partial charge in [0.2, 0.25) is 5.90 Å². The highest BCUT2D eigenvalue weighted by molar-refractivity contribution is 7.99. The number of nitrogens with zero attached hydrogens (tertiary/aromatic N) is 1. The van der Waals surface area contributed by atoms with Crippen LogP contribution in [-0.4, -0.2) is 24.8 Å². The number of carbonyl (C=O) groups excluding carboxylic acids is 1. The van der Waals surface area contributed by atoms with E-state index in [1.807, 2.05) is 11.8 Å². The van der Waals surface area contributed by atoms with Gasteiger partial charge in [0, 0.05) is 11.9 Å². The molecule has 0 unspecified atom stereocenters. The average Bonchev–Trinajstić information content (AvgIpc) is 2.77. The highest BCUT2D eigenvalue weighted by Crippen LogP contribution is 2.31. The summed E-state index contributed by atoms with van der Waals surface area (Å²) in [5.74, 6) is 1.56. The van der Waals surface area contributed by atoms with Gasteiger partial charge in [-0.2, -0.15) is 0 Å². The lowest BCUT2D eigenvalue weighted by Gasteiger charge is -2.02. The van der Waals surface area contributed by atoms with Crippen LogP contribution in [0.1, 0.15) is 18.9 Å². The standard InChI is InChI=1S/C13H16N2O2S/c1-3-6-18-10-5-4-9-7-12(15-11(9)8-10)17-13(16)14-2/h4-5,8H,3,6-7H2,1-2H3,(H,14,16). The molecule has 1 N–H and O–H groups in total. The lowest BCUT2D eigenvalue weighted by molar-refractivity contribution is 0.199. The van der Waals surface area contributed by atoms with Gasteiger partial charge in [-0.15, -0.1) is 11.8 Å². The van der Waals surface area contributed by atoms with Gasteiger partial charge in [-0.1, -0.05) is 13.0 Å². The van der Waals surface area contributed by atoms with Gasteiger partial charge in [-0.25, -0.2) is 9.79 Å². The minimum absolute atomic E-state index is 0.460. The normalized spacial score (nSPS) is 12.9. The molecule has 1 amide bonds. The molecule has 0 fully saturated rings. The van der Waals surface area contributed by atoms with Gasteiger partial charge in [0.05, 0.1) is 12.1 Å². The van der Waals surface area contributed by atoms with Crippen LogP contribution in [0.15, 0.2) is 28.1 Å². The number of ether oxygens (including phenoxy) is 1. The quantitative estimate of drug-likeness (QED) is 0.853. The third-order valence-electron chi connectivity index (χ3n) is 2.53. The molecule has 4 nitrogen and oxygen atoms in total. The molecule has 0 bridgehead atoms. The van der Waals surface area contributed by atoms with Crippen LogP contribution in [0, 0.1) is 0 Å². The number of rotatable bonds is 3. The second-order valence-electron chi connectivity index (χ2n) is 3.96. The van der Waals surface area contributed by atoms with Crippen LogP contribution in [0.2, 0.25) is 0 Å². The van der Waals surface area contributed by atoms with Crippen molar-refractivity contribution < 1.29 is 9.53 Å². The predicted molar refractivity (Wildman–Crippen MR) is 73.8 cm³/mol. The number of hydrogen-bond acceptors (Lipinski definition) is 4. The summed E-state index contributed by atoms with van der Waals surface area (Å²) in [5.41, 5.74) is 2.02. The Bertz CT molecular complexity index is 486. The summed E-state index contributed by atoms with van der Waals surface area (Å²) in [7, 11) is 1.53. The molecule has 0 radical (unpaired) electrons. The summed E-state index contributed by atoms with van der Waals surface area (Å²) < 4.78 is 5.06. The van der Waals surface area contributed by atoms with E-state index in [9.17, 15) is 4.79 Å². The molecule has 0 saturated heterocycles. The van der Waals surface area contributed by atoms with E-state index in [1.165, 1.54) is 11.9 Å². The Labute approximate surface area is 111 Å². The van der Waals surface area contributed by atoms with E-state index in [0.29, 0.717) is 12.3 Å². The Kier molecular flexibility index (Phi) is 4.25. The number of alkyl carbamates (subject to hydrolysis) is 1. The van der Waals surface area contributed by atoms with Crippen LogP contribution >= 0.6 is 11.8 Å². The molecule has 5 heteroatoms. The van der Waals surface area contributed by atoms with Crippen molar-refractivity contribution in [3.63, 3.8) is 0 Å². The van der Waals surface area contributed by atoms with E-state index in [0.717, 1.165) is 23.4 Å². The van der Waals surface area contributed by atoms with Crippen molar-refractivity contribution in [2.45, 2.75) is 24.7 Å². The summed E-state index contributed by atoms with van der Waals surface area (Å²) in [6.45, 7) is 2.16. The van der Waals surface area contributed by atoms with E-state index in [-0.39, 0.29) is 0 Å². The number of thioether (sulfide) groups is 1. The maximum absolute atomic E-state index is 11.1. The van der Waals surface area contributed by atoms with Crippen molar-refractivity contribution in [1.82, 2.24) is 5.32 Å². The number of amides is 1. The minimum Gasteiger partial charge on any atom is -0.395 e. The van der Waals surface area contributed by atoms with Gasteiger partial charge < -0.3 is 10.1 Å². The minimum atomic E-state index is -0.470. The topological polar surface area (TPSA) is 50.7 Å². The molecular weight excluding hydrogens is 248 g/mol. The fourth-order valence-electron chi connectivity index (χ4n) is 1.66. The molecule has 1 aromatic carbocycles.